The lowest BCUT2D eigenvalue weighted by Crippen LogP contribution is -2.32. The molecule has 0 aliphatic heterocycles. The number of anilines is 1. The minimum atomic E-state index is -0.628. The quantitative estimate of drug-likeness (QED) is 0.406. The predicted octanol–water partition coefficient (Wildman–Crippen LogP) is 4.64. The van der Waals surface area contributed by atoms with Crippen molar-refractivity contribution in [3.05, 3.63) is 60.2 Å². The molecule has 3 aromatic rings. The molecule has 2 aromatic carbocycles. The van der Waals surface area contributed by atoms with E-state index in [0.29, 0.717) is 23.1 Å². The minimum Gasteiger partial charge on any atom is -0.497 e. The zero-order chi connectivity index (χ0) is 19.8. The third-order valence-corrected chi connectivity index (χ3v) is 5.87. The van der Waals surface area contributed by atoms with E-state index in [9.17, 15) is 4.79 Å². The molecular formula is C20H21N3O3S2. The van der Waals surface area contributed by atoms with Crippen LogP contribution in [0.3, 0.4) is 0 Å². The minimum absolute atomic E-state index is 0.249. The van der Waals surface area contributed by atoms with Crippen molar-refractivity contribution in [3.8, 4) is 11.5 Å². The number of carbonyl (C=O) groups excluding carboxylic acids is 1. The first-order valence-electron chi connectivity index (χ1n) is 8.79. The molecule has 1 N–H and O–H groups in total. The van der Waals surface area contributed by atoms with Crippen molar-refractivity contribution >= 4 is 34.1 Å². The Bertz CT molecular complexity index is 902. The van der Waals surface area contributed by atoms with Gasteiger partial charge in [0.1, 0.15) is 11.5 Å². The molecule has 1 aromatic heterocycles. The van der Waals surface area contributed by atoms with E-state index in [-0.39, 0.29) is 5.91 Å². The molecule has 0 radical (unpaired) electrons. The molecule has 0 fully saturated rings. The Morgan fingerprint density at radius 2 is 1.93 bits per heavy atom. The van der Waals surface area contributed by atoms with Gasteiger partial charge in [-0.05, 0) is 24.1 Å². The van der Waals surface area contributed by atoms with Gasteiger partial charge < -0.3 is 9.47 Å². The van der Waals surface area contributed by atoms with Crippen LogP contribution in [-0.2, 0) is 10.5 Å². The van der Waals surface area contributed by atoms with E-state index in [0.717, 1.165) is 10.1 Å². The number of thioether (sulfide) groups is 1. The second-order valence-corrected chi connectivity index (χ2v) is 8.03. The lowest BCUT2D eigenvalue weighted by molar-refractivity contribution is -0.122. The summed E-state index contributed by atoms with van der Waals surface area (Å²) < 4.78 is 11.8. The van der Waals surface area contributed by atoms with Crippen molar-refractivity contribution in [1.29, 1.82) is 0 Å². The number of nitrogens with zero attached hydrogens (tertiary/aromatic N) is 2. The van der Waals surface area contributed by atoms with Crippen LogP contribution in [0.25, 0.3) is 0 Å². The summed E-state index contributed by atoms with van der Waals surface area (Å²) >= 11 is 2.94. The van der Waals surface area contributed by atoms with Gasteiger partial charge in [-0.15, -0.1) is 10.2 Å². The molecule has 0 bridgehead atoms. The van der Waals surface area contributed by atoms with E-state index in [4.69, 9.17) is 9.47 Å². The van der Waals surface area contributed by atoms with E-state index in [1.54, 1.807) is 31.0 Å². The summed E-state index contributed by atoms with van der Waals surface area (Å²) in [6.07, 6.45) is -0.103. The van der Waals surface area contributed by atoms with Gasteiger partial charge in [0.2, 0.25) is 5.13 Å². The number of aromatic nitrogens is 2. The zero-order valence-corrected chi connectivity index (χ0v) is 17.3. The number of benzene rings is 2. The molecule has 3 rings (SSSR count). The fraction of sp³-hybridized carbons (Fsp3) is 0.250. The molecule has 1 unspecified atom stereocenters. The second kappa shape index (κ2) is 10.1. The summed E-state index contributed by atoms with van der Waals surface area (Å²) in [6, 6.07) is 17.3. The summed E-state index contributed by atoms with van der Waals surface area (Å²) in [5, 5.41) is 11.5. The van der Waals surface area contributed by atoms with Gasteiger partial charge in [0.05, 0.1) is 7.11 Å². The van der Waals surface area contributed by atoms with Crippen LogP contribution in [0, 0.1) is 0 Å². The average molecular weight is 416 g/mol. The number of ether oxygens (including phenoxy) is 2. The monoisotopic (exact) mass is 415 g/mol. The molecule has 1 heterocycles. The lowest BCUT2D eigenvalue weighted by Gasteiger charge is -2.16. The Morgan fingerprint density at radius 3 is 2.68 bits per heavy atom. The van der Waals surface area contributed by atoms with Gasteiger partial charge in [-0.1, -0.05) is 66.4 Å². The highest BCUT2D eigenvalue weighted by atomic mass is 32.2. The fourth-order valence-corrected chi connectivity index (χ4v) is 4.10. The van der Waals surface area contributed by atoms with Crippen molar-refractivity contribution in [2.75, 3.05) is 12.4 Å². The van der Waals surface area contributed by atoms with Crippen molar-refractivity contribution in [2.24, 2.45) is 0 Å². The smallest absolute Gasteiger partial charge is 0.267 e. The second-order valence-electron chi connectivity index (χ2n) is 5.83. The maximum atomic E-state index is 12.6. The van der Waals surface area contributed by atoms with Crippen molar-refractivity contribution in [3.63, 3.8) is 0 Å². The summed E-state index contributed by atoms with van der Waals surface area (Å²) in [5.74, 6) is 1.82. The first-order chi connectivity index (χ1) is 13.7. The predicted molar refractivity (Wildman–Crippen MR) is 112 cm³/mol. The maximum Gasteiger partial charge on any atom is 0.267 e. The average Bonchev–Trinajstić information content (AvgIpc) is 3.18. The Morgan fingerprint density at radius 1 is 1.14 bits per heavy atom. The standard InChI is InChI=1S/C20H21N3O3S2/c1-3-17(26-16-11-7-10-15(12-16)25-2)18(24)21-19-22-23-20(28-19)27-13-14-8-5-4-6-9-14/h4-12,17H,3,13H2,1-2H3,(H,21,22,24). The third kappa shape index (κ3) is 5.71. The summed E-state index contributed by atoms with van der Waals surface area (Å²) in [6.45, 7) is 1.89. The van der Waals surface area contributed by atoms with Crippen molar-refractivity contribution < 1.29 is 14.3 Å². The van der Waals surface area contributed by atoms with Gasteiger partial charge in [0.15, 0.2) is 10.4 Å². The van der Waals surface area contributed by atoms with Gasteiger partial charge in [-0.25, -0.2) is 0 Å². The maximum absolute atomic E-state index is 12.6. The largest absolute Gasteiger partial charge is 0.497 e. The molecular weight excluding hydrogens is 394 g/mol. The lowest BCUT2D eigenvalue weighted by atomic mass is 10.2. The Kier molecular flexibility index (Phi) is 7.27. The van der Waals surface area contributed by atoms with Gasteiger partial charge in [0, 0.05) is 11.8 Å². The van der Waals surface area contributed by atoms with Crippen LogP contribution in [0.15, 0.2) is 58.9 Å². The zero-order valence-electron chi connectivity index (χ0n) is 15.6. The number of hydrogen-bond acceptors (Lipinski definition) is 7. The molecule has 0 saturated heterocycles. The molecule has 1 amide bonds. The number of rotatable bonds is 9. The van der Waals surface area contributed by atoms with E-state index < -0.39 is 6.10 Å². The van der Waals surface area contributed by atoms with Crippen LogP contribution >= 0.6 is 23.1 Å². The number of amides is 1. The van der Waals surface area contributed by atoms with Gasteiger partial charge >= 0.3 is 0 Å². The SMILES string of the molecule is CCC(Oc1cccc(OC)c1)C(=O)Nc1nnc(SCc2ccccc2)s1. The molecule has 0 aliphatic rings. The highest BCUT2D eigenvalue weighted by molar-refractivity contribution is 8.00. The first-order valence-corrected chi connectivity index (χ1v) is 10.6. The first kappa shape index (κ1) is 20.2. The Hall–Kier alpha value is -2.58. The van der Waals surface area contributed by atoms with Crippen LogP contribution in [0.5, 0.6) is 11.5 Å². The van der Waals surface area contributed by atoms with E-state index in [1.807, 2.05) is 37.3 Å². The fourth-order valence-electron chi connectivity index (χ4n) is 2.38. The van der Waals surface area contributed by atoms with Crippen molar-refractivity contribution in [2.45, 2.75) is 29.5 Å². The highest BCUT2D eigenvalue weighted by Gasteiger charge is 2.20. The summed E-state index contributed by atoms with van der Waals surface area (Å²) in [7, 11) is 1.59. The Labute approximate surface area is 172 Å². The molecule has 8 heteroatoms. The van der Waals surface area contributed by atoms with Crippen LogP contribution < -0.4 is 14.8 Å². The molecule has 1 atom stereocenters. The van der Waals surface area contributed by atoms with Gasteiger partial charge in [-0.3, -0.25) is 10.1 Å². The Balaban J connectivity index is 1.56. The van der Waals surface area contributed by atoms with Crippen LogP contribution in [0.4, 0.5) is 5.13 Å². The molecule has 6 nitrogen and oxygen atoms in total. The van der Waals surface area contributed by atoms with Crippen molar-refractivity contribution in [1.82, 2.24) is 10.2 Å². The van der Waals surface area contributed by atoms with Crippen LogP contribution in [0.1, 0.15) is 18.9 Å². The summed E-state index contributed by atoms with van der Waals surface area (Å²) in [5.41, 5.74) is 1.21. The van der Waals surface area contributed by atoms with Crippen LogP contribution in [0.2, 0.25) is 0 Å². The van der Waals surface area contributed by atoms with Gasteiger partial charge in [0.25, 0.3) is 5.91 Å². The van der Waals surface area contributed by atoms with Crippen LogP contribution in [-0.4, -0.2) is 29.3 Å². The third-order valence-electron chi connectivity index (χ3n) is 3.82. The van der Waals surface area contributed by atoms with E-state index in [2.05, 4.69) is 27.6 Å². The van der Waals surface area contributed by atoms with E-state index in [1.165, 1.54) is 16.9 Å². The molecule has 0 spiro atoms. The normalized spacial score (nSPS) is 11.6. The number of carbonyl (C=O) groups is 1. The molecule has 0 saturated carbocycles. The number of nitrogens with one attached hydrogen (secondary N) is 1. The number of methoxy groups -OCH3 is 1. The summed E-state index contributed by atoms with van der Waals surface area (Å²) in [4.78, 5) is 12.6. The van der Waals surface area contributed by atoms with Gasteiger partial charge in [-0.2, -0.15) is 0 Å². The highest BCUT2D eigenvalue weighted by Crippen LogP contribution is 2.28. The number of hydrogen-bond donors (Lipinski definition) is 1. The topological polar surface area (TPSA) is 73.3 Å². The molecule has 28 heavy (non-hydrogen) atoms. The molecule has 146 valence electrons. The molecule has 0 aliphatic carbocycles. The van der Waals surface area contributed by atoms with E-state index >= 15 is 0 Å².